The van der Waals surface area contributed by atoms with Gasteiger partial charge in [0.25, 0.3) is 0 Å². The molecule has 0 aliphatic carbocycles. The van der Waals surface area contributed by atoms with Crippen LogP contribution in [0.5, 0.6) is 0 Å². The molecule has 0 spiro atoms. The average Bonchev–Trinajstić information content (AvgIpc) is 3.15. The molecule has 1 N–H and O–H groups in total. The third-order valence-electron chi connectivity index (χ3n) is 3.69. The number of amides is 1. The van der Waals surface area contributed by atoms with Crippen molar-refractivity contribution in [3.05, 3.63) is 65.5 Å². The summed E-state index contributed by atoms with van der Waals surface area (Å²) in [4.78, 5) is 12.1. The summed E-state index contributed by atoms with van der Waals surface area (Å²) in [5.74, 6) is -1.07. The number of rotatable bonds is 5. The molecule has 0 saturated heterocycles. The summed E-state index contributed by atoms with van der Waals surface area (Å²) in [5.41, 5.74) is -0.132. The Bertz CT molecular complexity index is 960. The van der Waals surface area contributed by atoms with Gasteiger partial charge in [-0.15, -0.1) is 0 Å². The van der Waals surface area contributed by atoms with Crippen LogP contribution >= 0.6 is 0 Å². The summed E-state index contributed by atoms with van der Waals surface area (Å²) in [6.07, 6.45) is -1.81. The van der Waals surface area contributed by atoms with Gasteiger partial charge < -0.3 is 5.32 Å². The molecule has 1 amide bonds. The first kappa shape index (κ1) is 18.6. The highest BCUT2D eigenvalue weighted by Gasteiger charge is 2.35. The minimum Gasteiger partial charge on any atom is -0.322 e. The Morgan fingerprint density at radius 1 is 1.26 bits per heavy atom. The van der Waals surface area contributed by atoms with E-state index in [1.54, 1.807) is 18.2 Å². The standard InChI is InChI=1S/C17H15F4N5O/c1-11-6-15(17(19,20)21)26(24-11)10-16(27)23-13-7-22-25(9-13)8-12-4-2-3-5-14(12)18/h2-7,9H,8,10H2,1H3,(H,23,27). The lowest BCUT2D eigenvalue weighted by molar-refractivity contribution is -0.144. The van der Waals surface area contributed by atoms with E-state index in [9.17, 15) is 22.4 Å². The average molecular weight is 381 g/mol. The maximum absolute atomic E-state index is 13.7. The molecule has 0 radical (unpaired) electrons. The number of aryl methyl sites for hydroxylation is 1. The fourth-order valence-corrected chi connectivity index (χ4v) is 2.55. The van der Waals surface area contributed by atoms with Crippen molar-refractivity contribution < 1.29 is 22.4 Å². The summed E-state index contributed by atoms with van der Waals surface area (Å²) >= 11 is 0. The molecule has 0 fully saturated rings. The highest BCUT2D eigenvalue weighted by molar-refractivity contribution is 5.90. The van der Waals surface area contributed by atoms with Gasteiger partial charge in [-0.25, -0.2) is 4.39 Å². The minimum absolute atomic E-state index is 0.152. The summed E-state index contributed by atoms with van der Waals surface area (Å²) in [6.45, 7) is 0.969. The van der Waals surface area contributed by atoms with Gasteiger partial charge in [0.1, 0.15) is 18.1 Å². The molecule has 3 aromatic rings. The lowest BCUT2D eigenvalue weighted by Crippen LogP contribution is -2.23. The maximum atomic E-state index is 13.7. The lowest BCUT2D eigenvalue weighted by Gasteiger charge is -2.09. The first-order valence-electron chi connectivity index (χ1n) is 7.90. The third kappa shape index (κ3) is 4.52. The SMILES string of the molecule is Cc1cc(C(F)(F)F)n(CC(=O)Nc2cnn(Cc3ccccc3F)c2)n1. The number of alkyl halides is 3. The van der Waals surface area contributed by atoms with Crippen molar-refractivity contribution in [2.75, 3.05) is 5.32 Å². The van der Waals surface area contributed by atoms with Gasteiger partial charge in [-0.2, -0.15) is 23.4 Å². The maximum Gasteiger partial charge on any atom is 0.433 e. The molecule has 2 aromatic heterocycles. The van der Waals surface area contributed by atoms with Gasteiger partial charge in [0.05, 0.1) is 24.1 Å². The molecule has 27 heavy (non-hydrogen) atoms. The Morgan fingerprint density at radius 2 is 2.00 bits per heavy atom. The summed E-state index contributed by atoms with van der Waals surface area (Å²) in [5, 5.41) is 10.2. The van der Waals surface area contributed by atoms with Gasteiger partial charge >= 0.3 is 6.18 Å². The molecule has 0 bridgehead atoms. The monoisotopic (exact) mass is 381 g/mol. The van der Waals surface area contributed by atoms with Crippen molar-refractivity contribution in [1.29, 1.82) is 0 Å². The Hall–Kier alpha value is -3.17. The second kappa shape index (κ2) is 7.22. The van der Waals surface area contributed by atoms with Crippen LogP contribution in [0.3, 0.4) is 0 Å². The number of aromatic nitrogens is 4. The molecule has 2 heterocycles. The predicted octanol–water partition coefficient (Wildman–Crippen LogP) is 3.23. The first-order chi connectivity index (χ1) is 12.7. The van der Waals surface area contributed by atoms with E-state index < -0.39 is 24.3 Å². The molecule has 1 aromatic carbocycles. The van der Waals surface area contributed by atoms with Crippen LogP contribution in [-0.2, 0) is 24.1 Å². The minimum atomic E-state index is -4.60. The van der Waals surface area contributed by atoms with Crippen LogP contribution in [0.4, 0.5) is 23.2 Å². The van der Waals surface area contributed by atoms with Crippen molar-refractivity contribution in [2.24, 2.45) is 0 Å². The van der Waals surface area contributed by atoms with Crippen LogP contribution in [0.15, 0.2) is 42.7 Å². The molecule has 6 nitrogen and oxygen atoms in total. The smallest absolute Gasteiger partial charge is 0.322 e. The van der Waals surface area contributed by atoms with Crippen molar-refractivity contribution in [1.82, 2.24) is 19.6 Å². The lowest BCUT2D eigenvalue weighted by atomic mass is 10.2. The number of benzene rings is 1. The van der Waals surface area contributed by atoms with E-state index in [0.717, 1.165) is 6.07 Å². The number of anilines is 1. The van der Waals surface area contributed by atoms with Crippen molar-refractivity contribution >= 4 is 11.6 Å². The van der Waals surface area contributed by atoms with Crippen LogP contribution in [0.1, 0.15) is 17.0 Å². The van der Waals surface area contributed by atoms with E-state index in [-0.39, 0.29) is 23.7 Å². The van der Waals surface area contributed by atoms with Gasteiger partial charge in [-0.1, -0.05) is 18.2 Å². The Kier molecular flexibility index (Phi) is 4.98. The Labute approximate surface area is 151 Å². The largest absolute Gasteiger partial charge is 0.433 e. The normalized spacial score (nSPS) is 11.6. The van der Waals surface area contributed by atoms with E-state index in [0.29, 0.717) is 10.2 Å². The molecule has 10 heteroatoms. The molecule has 0 saturated carbocycles. The molecule has 0 unspecified atom stereocenters. The van der Waals surface area contributed by atoms with Gasteiger partial charge in [0.2, 0.25) is 5.91 Å². The highest BCUT2D eigenvalue weighted by atomic mass is 19.4. The number of carbonyl (C=O) groups excluding carboxylic acids is 1. The molecule has 0 aliphatic heterocycles. The van der Waals surface area contributed by atoms with E-state index in [1.165, 1.54) is 30.1 Å². The molecule has 3 rings (SSSR count). The zero-order chi connectivity index (χ0) is 19.6. The number of carbonyl (C=O) groups is 1. The molecular formula is C17H15F4N5O. The van der Waals surface area contributed by atoms with Crippen LogP contribution in [0, 0.1) is 12.7 Å². The molecule has 142 valence electrons. The van der Waals surface area contributed by atoms with E-state index in [1.807, 2.05) is 0 Å². The number of nitrogens with one attached hydrogen (secondary N) is 1. The van der Waals surface area contributed by atoms with Crippen molar-refractivity contribution in [2.45, 2.75) is 26.2 Å². The topological polar surface area (TPSA) is 64.7 Å². The number of hydrogen-bond acceptors (Lipinski definition) is 3. The third-order valence-corrected chi connectivity index (χ3v) is 3.69. The van der Waals surface area contributed by atoms with Gasteiger partial charge in [0.15, 0.2) is 0 Å². The number of hydrogen-bond donors (Lipinski definition) is 1. The fraction of sp³-hybridized carbons (Fsp3) is 0.235. The van der Waals surface area contributed by atoms with Gasteiger partial charge in [-0.3, -0.25) is 14.2 Å². The summed E-state index contributed by atoms with van der Waals surface area (Å²) < 4.78 is 54.5. The Balaban J connectivity index is 1.66. The number of nitrogens with zero attached hydrogens (tertiary/aromatic N) is 4. The van der Waals surface area contributed by atoms with E-state index >= 15 is 0 Å². The highest BCUT2D eigenvalue weighted by Crippen LogP contribution is 2.29. The molecule has 0 atom stereocenters. The van der Waals surface area contributed by atoms with Gasteiger partial charge in [0, 0.05) is 11.8 Å². The predicted molar refractivity (Wildman–Crippen MR) is 88.3 cm³/mol. The fourth-order valence-electron chi connectivity index (χ4n) is 2.55. The van der Waals surface area contributed by atoms with Crippen LogP contribution < -0.4 is 5.32 Å². The zero-order valence-electron chi connectivity index (χ0n) is 14.2. The Morgan fingerprint density at radius 3 is 2.70 bits per heavy atom. The van der Waals surface area contributed by atoms with Crippen LogP contribution in [0.2, 0.25) is 0 Å². The van der Waals surface area contributed by atoms with Crippen LogP contribution in [0.25, 0.3) is 0 Å². The van der Waals surface area contributed by atoms with Crippen molar-refractivity contribution in [3.63, 3.8) is 0 Å². The second-order valence-corrected chi connectivity index (χ2v) is 5.89. The summed E-state index contributed by atoms with van der Waals surface area (Å²) in [6, 6.07) is 7.06. The zero-order valence-corrected chi connectivity index (χ0v) is 14.2. The van der Waals surface area contributed by atoms with E-state index in [4.69, 9.17) is 0 Å². The van der Waals surface area contributed by atoms with Gasteiger partial charge in [-0.05, 0) is 19.1 Å². The second-order valence-electron chi connectivity index (χ2n) is 5.89. The molecular weight excluding hydrogens is 366 g/mol. The van der Waals surface area contributed by atoms with Crippen molar-refractivity contribution in [3.8, 4) is 0 Å². The van der Waals surface area contributed by atoms with E-state index in [2.05, 4.69) is 15.5 Å². The number of halogens is 4. The van der Waals surface area contributed by atoms with Crippen LogP contribution in [-0.4, -0.2) is 25.5 Å². The molecule has 0 aliphatic rings. The first-order valence-corrected chi connectivity index (χ1v) is 7.90. The quantitative estimate of drug-likeness (QED) is 0.690. The summed E-state index contributed by atoms with van der Waals surface area (Å²) in [7, 11) is 0.